The lowest BCUT2D eigenvalue weighted by atomic mass is 10.2. The first-order chi connectivity index (χ1) is 8.15. The summed E-state index contributed by atoms with van der Waals surface area (Å²) in [5.74, 6) is 0. The molecule has 0 atom stereocenters. The van der Waals surface area contributed by atoms with Gasteiger partial charge in [-0.05, 0) is 36.9 Å². The van der Waals surface area contributed by atoms with E-state index in [1.54, 1.807) is 12.1 Å². The summed E-state index contributed by atoms with van der Waals surface area (Å²) in [6.45, 7) is 2.00. The van der Waals surface area contributed by atoms with E-state index in [9.17, 15) is 4.79 Å². The Morgan fingerprint density at radius 1 is 1.12 bits per heavy atom. The molecule has 0 spiro atoms. The van der Waals surface area contributed by atoms with Gasteiger partial charge in [-0.2, -0.15) is 0 Å². The molecule has 0 bridgehead atoms. The van der Waals surface area contributed by atoms with Crippen LogP contribution >= 0.6 is 23.4 Å². The van der Waals surface area contributed by atoms with Crippen LogP contribution in [0, 0.1) is 6.92 Å². The summed E-state index contributed by atoms with van der Waals surface area (Å²) >= 11 is 7.06. The number of carbonyl (C=O) groups excluding carboxylic acids is 1. The van der Waals surface area contributed by atoms with E-state index in [-0.39, 0.29) is 5.12 Å². The molecule has 0 aliphatic heterocycles. The number of benzene rings is 2. The van der Waals surface area contributed by atoms with Crippen LogP contribution in [0.1, 0.15) is 15.9 Å². The summed E-state index contributed by atoms with van der Waals surface area (Å²) in [6.07, 6.45) is 0. The predicted octanol–water partition coefficient (Wildman–Crippen LogP) is 4.58. The van der Waals surface area contributed by atoms with Crippen molar-refractivity contribution in [1.82, 2.24) is 0 Å². The van der Waals surface area contributed by atoms with Crippen molar-refractivity contribution in [3.63, 3.8) is 0 Å². The minimum Gasteiger partial charge on any atom is -0.281 e. The summed E-state index contributed by atoms with van der Waals surface area (Å²) in [5.41, 5.74) is 1.86. The van der Waals surface area contributed by atoms with E-state index < -0.39 is 0 Å². The van der Waals surface area contributed by atoms with Gasteiger partial charge < -0.3 is 0 Å². The van der Waals surface area contributed by atoms with Crippen molar-refractivity contribution in [2.45, 2.75) is 11.8 Å². The van der Waals surface area contributed by atoms with Crippen molar-refractivity contribution < 1.29 is 4.79 Å². The van der Waals surface area contributed by atoms with Gasteiger partial charge >= 0.3 is 0 Å². The fourth-order valence-corrected chi connectivity index (χ4v) is 2.44. The van der Waals surface area contributed by atoms with Crippen molar-refractivity contribution in [2.75, 3.05) is 0 Å². The predicted molar refractivity (Wildman–Crippen MR) is 72.8 cm³/mol. The number of rotatable bonds is 2. The first-order valence-electron chi connectivity index (χ1n) is 5.19. The molecule has 1 nitrogen and oxygen atoms in total. The van der Waals surface area contributed by atoms with Crippen LogP contribution in [-0.4, -0.2) is 5.12 Å². The maximum absolute atomic E-state index is 12.0. The van der Waals surface area contributed by atoms with Crippen LogP contribution < -0.4 is 0 Å². The summed E-state index contributed by atoms with van der Waals surface area (Å²) in [6, 6.07) is 14.9. The van der Waals surface area contributed by atoms with Crippen molar-refractivity contribution in [3.8, 4) is 0 Å². The SMILES string of the molecule is Cc1ccc(C(=O)Sc2cccc(Cl)c2)cc1. The molecule has 2 aromatic carbocycles. The molecular formula is C14H11ClOS. The van der Waals surface area contributed by atoms with Crippen LogP contribution in [0.15, 0.2) is 53.4 Å². The summed E-state index contributed by atoms with van der Waals surface area (Å²) < 4.78 is 0. The Kier molecular flexibility index (Phi) is 3.87. The lowest BCUT2D eigenvalue weighted by Crippen LogP contribution is -1.92. The highest BCUT2D eigenvalue weighted by atomic mass is 35.5. The Morgan fingerprint density at radius 2 is 1.82 bits per heavy atom. The number of hydrogen-bond acceptors (Lipinski definition) is 2. The molecule has 0 saturated heterocycles. The molecule has 2 rings (SSSR count). The number of halogens is 1. The van der Waals surface area contributed by atoms with Gasteiger partial charge in [0, 0.05) is 15.5 Å². The van der Waals surface area contributed by atoms with Gasteiger partial charge in [0.2, 0.25) is 5.12 Å². The Hall–Kier alpha value is -1.25. The van der Waals surface area contributed by atoms with Crippen LogP contribution in [-0.2, 0) is 0 Å². The molecule has 0 fully saturated rings. The van der Waals surface area contributed by atoms with Crippen LogP contribution in [0.3, 0.4) is 0 Å². The fraction of sp³-hybridized carbons (Fsp3) is 0.0714. The van der Waals surface area contributed by atoms with Gasteiger partial charge in [-0.25, -0.2) is 0 Å². The maximum Gasteiger partial charge on any atom is 0.224 e. The van der Waals surface area contributed by atoms with E-state index in [0.29, 0.717) is 10.6 Å². The topological polar surface area (TPSA) is 17.1 Å². The molecule has 0 saturated carbocycles. The van der Waals surface area contributed by atoms with Crippen molar-refractivity contribution in [1.29, 1.82) is 0 Å². The molecule has 2 aromatic rings. The zero-order chi connectivity index (χ0) is 12.3. The minimum absolute atomic E-state index is 0.0345. The van der Waals surface area contributed by atoms with Gasteiger partial charge in [-0.15, -0.1) is 0 Å². The summed E-state index contributed by atoms with van der Waals surface area (Å²) in [5, 5.41) is 0.680. The molecule has 0 aliphatic carbocycles. The molecule has 0 aromatic heterocycles. The van der Waals surface area contributed by atoms with Gasteiger partial charge in [0.05, 0.1) is 0 Å². The smallest absolute Gasteiger partial charge is 0.224 e. The van der Waals surface area contributed by atoms with E-state index in [0.717, 1.165) is 10.5 Å². The monoisotopic (exact) mass is 262 g/mol. The summed E-state index contributed by atoms with van der Waals surface area (Å²) in [4.78, 5) is 12.8. The molecule has 0 unspecified atom stereocenters. The molecule has 17 heavy (non-hydrogen) atoms. The van der Waals surface area contributed by atoms with Crippen LogP contribution in [0.2, 0.25) is 5.02 Å². The third kappa shape index (κ3) is 3.35. The van der Waals surface area contributed by atoms with Crippen molar-refractivity contribution >= 4 is 28.5 Å². The second-order valence-corrected chi connectivity index (χ2v) is 5.20. The number of aryl methyl sites for hydroxylation is 1. The average Bonchev–Trinajstić information content (AvgIpc) is 2.29. The number of hydrogen-bond donors (Lipinski definition) is 0. The van der Waals surface area contributed by atoms with Gasteiger partial charge in [0.1, 0.15) is 0 Å². The van der Waals surface area contributed by atoms with E-state index in [1.807, 2.05) is 43.3 Å². The minimum atomic E-state index is 0.0345. The quantitative estimate of drug-likeness (QED) is 0.737. The van der Waals surface area contributed by atoms with Crippen LogP contribution in [0.5, 0.6) is 0 Å². The Balaban J connectivity index is 2.14. The van der Waals surface area contributed by atoms with Gasteiger partial charge in [-0.1, -0.05) is 47.5 Å². The zero-order valence-electron chi connectivity index (χ0n) is 9.31. The van der Waals surface area contributed by atoms with Crippen LogP contribution in [0.4, 0.5) is 0 Å². The number of carbonyl (C=O) groups is 1. The normalized spacial score (nSPS) is 10.2. The second kappa shape index (κ2) is 5.39. The second-order valence-electron chi connectivity index (χ2n) is 3.71. The highest BCUT2D eigenvalue weighted by Crippen LogP contribution is 2.25. The molecule has 0 aliphatic rings. The Bertz CT molecular complexity index is 534. The van der Waals surface area contributed by atoms with Gasteiger partial charge in [0.25, 0.3) is 0 Å². The van der Waals surface area contributed by atoms with Gasteiger partial charge in [-0.3, -0.25) is 4.79 Å². The molecule has 0 heterocycles. The first-order valence-corrected chi connectivity index (χ1v) is 6.39. The van der Waals surface area contributed by atoms with E-state index in [1.165, 1.54) is 11.8 Å². The van der Waals surface area contributed by atoms with Gasteiger partial charge in [0.15, 0.2) is 0 Å². The lowest BCUT2D eigenvalue weighted by Gasteiger charge is -2.02. The van der Waals surface area contributed by atoms with E-state index in [4.69, 9.17) is 11.6 Å². The summed E-state index contributed by atoms with van der Waals surface area (Å²) in [7, 11) is 0. The molecule has 86 valence electrons. The molecular weight excluding hydrogens is 252 g/mol. The Morgan fingerprint density at radius 3 is 2.47 bits per heavy atom. The number of thioether (sulfide) groups is 1. The molecule has 0 radical (unpaired) electrons. The standard InChI is InChI=1S/C14H11ClOS/c1-10-5-7-11(8-6-10)14(16)17-13-4-2-3-12(15)9-13/h2-9H,1H3. The maximum atomic E-state index is 12.0. The van der Waals surface area contributed by atoms with Crippen LogP contribution in [0.25, 0.3) is 0 Å². The van der Waals surface area contributed by atoms with Crippen molar-refractivity contribution in [2.24, 2.45) is 0 Å². The van der Waals surface area contributed by atoms with E-state index >= 15 is 0 Å². The van der Waals surface area contributed by atoms with Crippen molar-refractivity contribution in [3.05, 3.63) is 64.7 Å². The molecule has 0 N–H and O–H groups in total. The zero-order valence-corrected chi connectivity index (χ0v) is 10.9. The van der Waals surface area contributed by atoms with E-state index in [2.05, 4.69) is 0 Å². The lowest BCUT2D eigenvalue weighted by molar-refractivity contribution is 0.108. The third-order valence-electron chi connectivity index (χ3n) is 2.29. The molecule has 3 heteroatoms. The third-order valence-corrected chi connectivity index (χ3v) is 3.44. The Labute approximate surface area is 110 Å². The largest absolute Gasteiger partial charge is 0.281 e. The highest BCUT2D eigenvalue weighted by molar-refractivity contribution is 8.14. The highest BCUT2D eigenvalue weighted by Gasteiger charge is 2.07. The average molecular weight is 263 g/mol. The molecule has 0 amide bonds. The first kappa shape index (κ1) is 12.2. The fourth-order valence-electron chi connectivity index (χ4n) is 1.39.